The van der Waals surface area contributed by atoms with Gasteiger partial charge in [-0.3, -0.25) is 29.3 Å². The number of nitrogens with one attached hydrogen (secondary N) is 2. The van der Waals surface area contributed by atoms with E-state index in [4.69, 9.17) is 48.4 Å². The molecule has 1 fully saturated rings. The number of ether oxygens (including phenoxy) is 2. The predicted octanol–water partition coefficient (Wildman–Crippen LogP) is 5.41. The van der Waals surface area contributed by atoms with Gasteiger partial charge in [-0.1, -0.05) is 29.3 Å². The number of anilines is 2. The lowest BCUT2D eigenvalue weighted by molar-refractivity contribution is 0.0976. The third-order valence-electron chi connectivity index (χ3n) is 9.61. The van der Waals surface area contributed by atoms with Crippen molar-refractivity contribution >= 4 is 57.6 Å². The van der Waals surface area contributed by atoms with E-state index in [1.165, 1.54) is 20.4 Å². The number of fused-ring (bicyclic) bond motifs is 1. The Kier molecular flexibility index (Phi) is 11.8. The lowest BCUT2D eigenvalue weighted by Gasteiger charge is -2.37. The molecule has 5 aromatic rings. The second-order valence-corrected chi connectivity index (χ2v) is 14.6. The summed E-state index contributed by atoms with van der Waals surface area (Å²) in [5.74, 6) is 0.572. The van der Waals surface area contributed by atoms with Crippen LogP contribution in [0.25, 0.3) is 33.7 Å². The molecule has 1 aliphatic rings. The number of carbonyl (C=O) groups is 2. The molecule has 290 valence electrons. The fourth-order valence-electron chi connectivity index (χ4n) is 6.89. The molecule has 3 aromatic heterocycles. The van der Waals surface area contributed by atoms with Crippen LogP contribution in [0.5, 0.6) is 11.5 Å². The predicted molar refractivity (Wildman–Crippen MR) is 215 cm³/mol. The van der Waals surface area contributed by atoms with E-state index < -0.39 is 11.8 Å². The number of amides is 2. The first-order valence-corrected chi connectivity index (χ1v) is 18.4. The summed E-state index contributed by atoms with van der Waals surface area (Å²) in [4.78, 5) is 57.3. The van der Waals surface area contributed by atoms with Crippen molar-refractivity contribution in [2.45, 2.75) is 26.1 Å². The van der Waals surface area contributed by atoms with E-state index in [2.05, 4.69) is 43.9 Å². The van der Waals surface area contributed by atoms with Crippen molar-refractivity contribution in [3.8, 4) is 34.1 Å². The SMILES string of the molecule is COc1cc(OC)c(Cl)c(-c2ccc(C(=O)Nc3ccc(N4CCN(C(C)C)CC4)nc3)c3ncc(-c4nc(C(N)=O)c(C(N(C)C)N(C)C)[nH]4)nc23)c1Cl. The molecule has 0 radical (unpaired) electrons. The number of aromatic amines is 1. The Morgan fingerprint density at radius 1 is 0.891 bits per heavy atom. The Bertz CT molecular complexity index is 2180. The number of piperazine rings is 1. The average molecular weight is 791 g/mol. The van der Waals surface area contributed by atoms with Crippen molar-refractivity contribution in [1.29, 1.82) is 0 Å². The minimum Gasteiger partial charge on any atom is -0.495 e. The monoisotopic (exact) mass is 789 g/mol. The van der Waals surface area contributed by atoms with Gasteiger partial charge < -0.3 is 30.4 Å². The van der Waals surface area contributed by atoms with Crippen LogP contribution >= 0.6 is 23.2 Å². The molecule has 1 saturated heterocycles. The number of pyridine rings is 1. The van der Waals surface area contributed by atoms with Gasteiger partial charge in [0, 0.05) is 49.4 Å². The molecule has 4 heterocycles. The Hall–Kier alpha value is -5.06. The third-order valence-corrected chi connectivity index (χ3v) is 10.4. The topological polar surface area (TPSA) is 171 Å². The first kappa shape index (κ1) is 39.6. The number of hydrogen-bond donors (Lipinski definition) is 3. The van der Waals surface area contributed by atoms with Crippen LogP contribution in [0, 0.1) is 0 Å². The molecule has 0 bridgehead atoms. The molecule has 2 amide bonds. The van der Waals surface area contributed by atoms with E-state index in [0.717, 1.165) is 32.0 Å². The van der Waals surface area contributed by atoms with Crippen molar-refractivity contribution < 1.29 is 19.1 Å². The zero-order valence-electron chi connectivity index (χ0n) is 32.1. The summed E-state index contributed by atoms with van der Waals surface area (Å²) >= 11 is 13.8. The van der Waals surface area contributed by atoms with Crippen molar-refractivity contribution in [3.05, 3.63) is 69.7 Å². The molecule has 6 rings (SSSR count). The van der Waals surface area contributed by atoms with Crippen molar-refractivity contribution in [3.63, 3.8) is 0 Å². The number of primary amides is 1. The maximum absolute atomic E-state index is 14.0. The second kappa shape index (κ2) is 16.4. The van der Waals surface area contributed by atoms with Crippen LogP contribution < -0.4 is 25.4 Å². The number of nitrogens with two attached hydrogens (primary N) is 1. The maximum Gasteiger partial charge on any atom is 0.269 e. The fourth-order valence-corrected chi connectivity index (χ4v) is 7.60. The second-order valence-electron chi connectivity index (χ2n) is 13.9. The van der Waals surface area contributed by atoms with Crippen LogP contribution in [0.2, 0.25) is 10.0 Å². The number of aromatic nitrogens is 5. The summed E-state index contributed by atoms with van der Waals surface area (Å²) < 4.78 is 11.1. The number of benzene rings is 2. The molecule has 0 atom stereocenters. The molecular formula is C38H45Cl2N11O4. The Morgan fingerprint density at radius 3 is 2.09 bits per heavy atom. The van der Waals surface area contributed by atoms with Crippen LogP contribution in [0.15, 0.2) is 42.7 Å². The summed E-state index contributed by atoms with van der Waals surface area (Å²) in [6, 6.07) is 9.14. The lowest BCUT2D eigenvalue weighted by atomic mass is 9.99. The smallest absolute Gasteiger partial charge is 0.269 e. The summed E-state index contributed by atoms with van der Waals surface area (Å²) in [6.45, 7) is 8.08. The summed E-state index contributed by atoms with van der Waals surface area (Å²) in [7, 11) is 10.5. The molecule has 1 aliphatic heterocycles. The van der Waals surface area contributed by atoms with Gasteiger partial charge in [0.05, 0.1) is 59.1 Å². The van der Waals surface area contributed by atoms with Gasteiger partial charge in [-0.05, 0) is 60.2 Å². The van der Waals surface area contributed by atoms with Gasteiger partial charge in [0.25, 0.3) is 11.8 Å². The zero-order chi connectivity index (χ0) is 39.7. The molecule has 0 spiro atoms. The van der Waals surface area contributed by atoms with Gasteiger partial charge in [-0.25, -0.2) is 15.0 Å². The molecule has 4 N–H and O–H groups in total. The van der Waals surface area contributed by atoms with Crippen LogP contribution in [0.3, 0.4) is 0 Å². The highest BCUT2D eigenvalue weighted by molar-refractivity contribution is 6.41. The first-order chi connectivity index (χ1) is 26.2. The van der Waals surface area contributed by atoms with Gasteiger partial charge in [0.2, 0.25) is 0 Å². The Morgan fingerprint density at radius 2 is 1.55 bits per heavy atom. The molecule has 0 unspecified atom stereocenters. The van der Waals surface area contributed by atoms with Crippen LogP contribution in [0.4, 0.5) is 11.5 Å². The number of H-pyrrole nitrogens is 1. The quantitative estimate of drug-likeness (QED) is 0.138. The van der Waals surface area contributed by atoms with E-state index >= 15 is 0 Å². The number of imidazole rings is 1. The molecule has 55 heavy (non-hydrogen) atoms. The van der Waals surface area contributed by atoms with Crippen LogP contribution in [-0.2, 0) is 0 Å². The van der Waals surface area contributed by atoms with E-state index in [1.54, 1.807) is 24.4 Å². The molecule has 17 heteroatoms. The fraction of sp³-hybridized carbons (Fsp3) is 0.368. The highest BCUT2D eigenvalue weighted by atomic mass is 35.5. The highest BCUT2D eigenvalue weighted by Gasteiger charge is 2.29. The number of hydrogen-bond acceptors (Lipinski definition) is 12. The van der Waals surface area contributed by atoms with Gasteiger partial charge in [0.15, 0.2) is 11.5 Å². The number of nitrogens with zero attached hydrogens (tertiary/aromatic N) is 8. The van der Waals surface area contributed by atoms with Gasteiger partial charge in [0.1, 0.15) is 34.7 Å². The lowest BCUT2D eigenvalue weighted by Crippen LogP contribution is -2.49. The van der Waals surface area contributed by atoms with Crippen molar-refractivity contribution in [1.82, 2.24) is 39.6 Å². The molecule has 15 nitrogen and oxygen atoms in total. The standard InChI is InChI=1S/C38H45Cl2N11O4/c1-20(2)50-13-15-51(16-14-50)27-12-9-21(18-42-27)44-37(53)23-11-10-22(28-29(39)25(54-7)17-26(55-8)30(28)40)32-31(23)43-19-24(45-32)36-46-33(35(41)52)34(47-36)38(48(3)4)49(5)6/h9-12,17-20,38H,13-16H2,1-8H3,(H2,41,52)(H,44,53)(H,46,47). The van der Waals surface area contributed by atoms with Crippen LogP contribution in [0.1, 0.15) is 46.6 Å². The number of carbonyl (C=O) groups excluding carboxylic acids is 2. The molecule has 2 aromatic carbocycles. The maximum atomic E-state index is 14.0. The minimum absolute atomic E-state index is 0.0544. The number of rotatable bonds is 12. The Labute approximate surface area is 329 Å². The average Bonchev–Trinajstić information content (AvgIpc) is 3.60. The van der Waals surface area contributed by atoms with Crippen molar-refractivity contribution in [2.75, 3.05) is 78.8 Å². The first-order valence-electron chi connectivity index (χ1n) is 17.6. The molecule has 0 aliphatic carbocycles. The molecular weight excluding hydrogens is 745 g/mol. The van der Waals surface area contributed by atoms with E-state index in [1.807, 2.05) is 50.1 Å². The van der Waals surface area contributed by atoms with E-state index in [-0.39, 0.29) is 50.0 Å². The number of halogens is 2. The van der Waals surface area contributed by atoms with E-state index in [9.17, 15) is 9.59 Å². The van der Waals surface area contributed by atoms with Gasteiger partial charge in [-0.2, -0.15) is 0 Å². The van der Waals surface area contributed by atoms with Gasteiger partial charge >= 0.3 is 0 Å². The largest absolute Gasteiger partial charge is 0.495 e. The number of methoxy groups -OCH3 is 2. The van der Waals surface area contributed by atoms with Crippen molar-refractivity contribution in [2.24, 2.45) is 5.73 Å². The highest BCUT2D eigenvalue weighted by Crippen LogP contribution is 2.47. The zero-order valence-corrected chi connectivity index (χ0v) is 33.6. The van der Waals surface area contributed by atoms with Crippen LogP contribution in [-0.4, -0.2) is 126 Å². The van der Waals surface area contributed by atoms with E-state index in [0.29, 0.717) is 40.0 Å². The summed E-state index contributed by atoms with van der Waals surface area (Å²) in [6.07, 6.45) is 2.74. The summed E-state index contributed by atoms with van der Waals surface area (Å²) in [5, 5.41) is 3.36. The summed E-state index contributed by atoms with van der Waals surface area (Å²) in [5.41, 5.74) is 8.67. The Balaban J connectivity index is 1.44. The normalized spacial score (nSPS) is 13.7. The third kappa shape index (κ3) is 7.89. The van der Waals surface area contributed by atoms with Gasteiger partial charge in [-0.15, -0.1) is 0 Å². The minimum atomic E-state index is -0.710. The molecule has 0 saturated carbocycles.